The van der Waals surface area contributed by atoms with E-state index in [1.54, 1.807) is 0 Å². The second-order valence-electron chi connectivity index (χ2n) is 2.82. The Morgan fingerprint density at radius 3 is 3.00 bits per heavy atom. The van der Waals surface area contributed by atoms with Crippen molar-refractivity contribution in [2.24, 2.45) is 0 Å². The van der Waals surface area contributed by atoms with Gasteiger partial charge in [-0.05, 0) is 13.3 Å². The van der Waals surface area contributed by atoms with Crippen molar-refractivity contribution in [3.8, 4) is 0 Å². The molecule has 1 aromatic rings. The number of esters is 1. The summed E-state index contributed by atoms with van der Waals surface area (Å²) in [6.45, 7) is 3.76. The Balaban J connectivity index is 2.64. The van der Waals surface area contributed by atoms with Gasteiger partial charge < -0.3 is 10.5 Å². The number of aromatic nitrogens is 2. The van der Waals surface area contributed by atoms with Gasteiger partial charge in [0.1, 0.15) is 0 Å². The van der Waals surface area contributed by atoms with Crippen LogP contribution in [0.3, 0.4) is 0 Å². The molecule has 72 valence electrons. The lowest BCUT2D eigenvalue weighted by Gasteiger charge is -2.09. The van der Waals surface area contributed by atoms with E-state index in [9.17, 15) is 4.79 Å². The van der Waals surface area contributed by atoms with Gasteiger partial charge in [-0.2, -0.15) is 5.10 Å². The third-order valence-electron chi connectivity index (χ3n) is 1.76. The average molecular weight is 183 g/mol. The summed E-state index contributed by atoms with van der Waals surface area (Å²) in [5, 5.41) is 6.11. The van der Waals surface area contributed by atoms with Crippen molar-refractivity contribution in [2.45, 2.75) is 26.4 Å². The molecule has 3 N–H and O–H groups in total. The van der Waals surface area contributed by atoms with Crippen LogP contribution >= 0.6 is 0 Å². The van der Waals surface area contributed by atoms with Crippen molar-refractivity contribution in [3.63, 3.8) is 0 Å². The van der Waals surface area contributed by atoms with Crippen LogP contribution in [0.15, 0.2) is 6.20 Å². The van der Waals surface area contributed by atoms with E-state index in [-0.39, 0.29) is 11.8 Å². The van der Waals surface area contributed by atoms with E-state index in [0.717, 1.165) is 6.42 Å². The van der Waals surface area contributed by atoms with Gasteiger partial charge in [0.15, 0.2) is 5.69 Å². The monoisotopic (exact) mass is 183 g/mol. The summed E-state index contributed by atoms with van der Waals surface area (Å²) in [6, 6.07) is 0. The summed E-state index contributed by atoms with van der Waals surface area (Å²) in [4.78, 5) is 11.3. The van der Waals surface area contributed by atoms with E-state index in [0.29, 0.717) is 5.69 Å². The number of carbonyl (C=O) groups is 1. The molecule has 0 saturated carbocycles. The molecule has 0 aliphatic carbocycles. The van der Waals surface area contributed by atoms with Crippen molar-refractivity contribution >= 4 is 11.7 Å². The molecule has 0 aliphatic heterocycles. The first-order valence-corrected chi connectivity index (χ1v) is 4.15. The molecular weight excluding hydrogens is 170 g/mol. The largest absolute Gasteiger partial charge is 0.458 e. The van der Waals surface area contributed by atoms with Crippen LogP contribution in [0.5, 0.6) is 0 Å². The van der Waals surface area contributed by atoms with Crippen LogP contribution in [0.1, 0.15) is 30.8 Å². The van der Waals surface area contributed by atoms with Crippen LogP contribution in [-0.4, -0.2) is 22.3 Å². The molecule has 0 saturated heterocycles. The first kappa shape index (κ1) is 9.57. The number of hydrogen-bond donors (Lipinski definition) is 2. The molecule has 1 aromatic heterocycles. The fourth-order valence-corrected chi connectivity index (χ4v) is 0.784. The number of hydrogen-bond acceptors (Lipinski definition) is 4. The van der Waals surface area contributed by atoms with Crippen molar-refractivity contribution < 1.29 is 9.53 Å². The van der Waals surface area contributed by atoms with E-state index < -0.39 is 5.97 Å². The number of aromatic amines is 1. The highest BCUT2D eigenvalue weighted by atomic mass is 16.5. The second-order valence-corrected chi connectivity index (χ2v) is 2.82. The van der Waals surface area contributed by atoms with Crippen LogP contribution < -0.4 is 5.73 Å². The summed E-state index contributed by atoms with van der Waals surface area (Å²) in [5.41, 5.74) is 6.00. The molecule has 5 heteroatoms. The van der Waals surface area contributed by atoms with Crippen LogP contribution in [0.2, 0.25) is 0 Å². The number of nitrogens with one attached hydrogen (secondary N) is 1. The first-order valence-electron chi connectivity index (χ1n) is 4.15. The fourth-order valence-electron chi connectivity index (χ4n) is 0.784. The molecule has 1 unspecified atom stereocenters. The van der Waals surface area contributed by atoms with Crippen molar-refractivity contribution in [1.29, 1.82) is 0 Å². The smallest absolute Gasteiger partial charge is 0.358 e. The van der Waals surface area contributed by atoms with Gasteiger partial charge in [0.25, 0.3) is 0 Å². The summed E-state index contributed by atoms with van der Waals surface area (Å²) in [5.74, 6) is -0.454. The Kier molecular flexibility index (Phi) is 2.89. The molecule has 13 heavy (non-hydrogen) atoms. The van der Waals surface area contributed by atoms with E-state index in [1.165, 1.54) is 6.20 Å². The average Bonchev–Trinajstić information content (AvgIpc) is 2.51. The molecule has 0 fully saturated rings. The van der Waals surface area contributed by atoms with Crippen LogP contribution in [0.25, 0.3) is 0 Å². The Morgan fingerprint density at radius 1 is 1.85 bits per heavy atom. The number of anilines is 1. The standard InChI is InChI=1S/C8H13N3O2/c1-3-5(2)13-8(12)7-6(9)4-10-11-7/h4-5H,3,9H2,1-2H3,(H,10,11). The Hall–Kier alpha value is -1.52. The van der Waals surface area contributed by atoms with Gasteiger partial charge in [-0.3, -0.25) is 5.10 Å². The van der Waals surface area contributed by atoms with Crippen LogP contribution in [0.4, 0.5) is 5.69 Å². The lowest BCUT2D eigenvalue weighted by Crippen LogP contribution is -2.15. The molecule has 1 atom stereocenters. The Bertz CT molecular complexity index is 295. The zero-order valence-electron chi connectivity index (χ0n) is 7.70. The maximum absolute atomic E-state index is 11.3. The number of nitrogens with two attached hydrogens (primary N) is 1. The lowest BCUT2D eigenvalue weighted by atomic mass is 10.3. The minimum atomic E-state index is -0.454. The van der Waals surface area contributed by atoms with Gasteiger partial charge in [0.2, 0.25) is 0 Å². The second kappa shape index (κ2) is 3.93. The lowest BCUT2D eigenvalue weighted by molar-refractivity contribution is 0.0329. The summed E-state index contributed by atoms with van der Waals surface area (Å²) >= 11 is 0. The Labute approximate surface area is 76.3 Å². The van der Waals surface area contributed by atoms with Crippen molar-refractivity contribution in [3.05, 3.63) is 11.9 Å². The predicted molar refractivity (Wildman–Crippen MR) is 48.2 cm³/mol. The molecule has 0 radical (unpaired) electrons. The van der Waals surface area contributed by atoms with Gasteiger partial charge in [-0.1, -0.05) is 6.92 Å². The normalized spacial score (nSPS) is 12.5. The molecular formula is C8H13N3O2. The number of carbonyl (C=O) groups excluding carboxylic acids is 1. The van der Waals surface area contributed by atoms with Gasteiger partial charge >= 0.3 is 5.97 Å². The maximum Gasteiger partial charge on any atom is 0.358 e. The van der Waals surface area contributed by atoms with E-state index in [2.05, 4.69) is 10.2 Å². The molecule has 0 spiro atoms. The zero-order valence-corrected chi connectivity index (χ0v) is 7.70. The fraction of sp³-hybridized carbons (Fsp3) is 0.500. The number of H-pyrrole nitrogens is 1. The molecule has 5 nitrogen and oxygen atoms in total. The first-order chi connectivity index (χ1) is 6.15. The summed E-state index contributed by atoms with van der Waals surface area (Å²) < 4.78 is 5.03. The molecule has 1 rings (SSSR count). The summed E-state index contributed by atoms with van der Waals surface area (Å²) in [6.07, 6.45) is 2.06. The zero-order chi connectivity index (χ0) is 9.84. The molecule has 0 aliphatic rings. The van der Waals surface area contributed by atoms with E-state index >= 15 is 0 Å². The minimum absolute atomic E-state index is 0.102. The number of rotatable bonds is 3. The molecule has 1 heterocycles. The number of ether oxygens (including phenoxy) is 1. The SMILES string of the molecule is CCC(C)OC(=O)c1[nH]ncc1N. The van der Waals surface area contributed by atoms with Crippen LogP contribution in [-0.2, 0) is 4.74 Å². The van der Waals surface area contributed by atoms with Gasteiger partial charge in [-0.25, -0.2) is 4.79 Å². The van der Waals surface area contributed by atoms with Crippen molar-refractivity contribution in [1.82, 2.24) is 10.2 Å². The van der Waals surface area contributed by atoms with Crippen molar-refractivity contribution in [2.75, 3.05) is 5.73 Å². The number of nitrogens with zero attached hydrogens (tertiary/aromatic N) is 1. The molecule has 0 bridgehead atoms. The predicted octanol–water partition coefficient (Wildman–Crippen LogP) is 0.947. The highest BCUT2D eigenvalue weighted by Crippen LogP contribution is 2.09. The highest BCUT2D eigenvalue weighted by Gasteiger charge is 2.15. The minimum Gasteiger partial charge on any atom is -0.458 e. The van der Waals surface area contributed by atoms with E-state index in [4.69, 9.17) is 10.5 Å². The van der Waals surface area contributed by atoms with Gasteiger partial charge in [-0.15, -0.1) is 0 Å². The maximum atomic E-state index is 11.3. The Morgan fingerprint density at radius 2 is 2.54 bits per heavy atom. The van der Waals surface area contributed by atoms with E-state index in [1.807, 2.05) is 13.8 Å². The van der Waals surface area contributed by atoms with Gasteiger partial charge in [0.05, 0.1) is 18.0 Å². The molecule has 0 aromatic carbocycles. The highest BCUT2D eigenvalue weighted by molar-refractivity contribution is 5.92. The third-order valence-corrected chi connectivity index (χ3v) is 1.76. The van der Waals surface area contributed by atoms with Crippen LogP contribution in [0, 0.1) is 0 Å². The number of nitrogen functional groups attached to an aromatic ring is 1. The van der Waals surface area contributed by atoms with Gasteiger partial charge in [0, 0.05) is 0 Å². The quantitative estimate of drug-likeness (QED) is 0.683. The topological polar surface area (TPSA) is 81.0 Å². The summed E-state index contributed by atoms with van der Waals surface area (Å²) in [7, 11) is 0. The third kappa shape index (κ3) is 2.21. The molecule has 0 amide bonds.